The van der Waals surface area contributed by atoms with Crippen molar-refractivity contribution >= 4 is 40.7 Å². The molecule has 0 saturated heterocycles. The van der Waals surface area contributed by atoms with E-state index in [2.05, 4.69) is 71.4 Å². The SMILES string of the molecule is Cc1ccc(-n2c(SCC(=O)NNC(=S)Nc3ccccc3)nnc2-c2ccc(C(C)(C)C)cc2)cc1. The minimum absolute atomic E-state index is 0.0600. The van der Waals surface area contributed by atoms with Gasteiger partial charge in [0.2, 0.25) is 5.91 Å². The number of carbonyl (C=O) groups excluding carboxylic acids is 1. The lowest BCUT2D eigenvalue weighted by Crippen LogP contribution is -2.44. The lowest BCUT2D eigenvalue weighted by molar-refractivity contribution is -0.119. The van der Waals surface area contributed by atoms with Crippen molar-refractivity contribution < 1.29 is 4.79 Å². The maximum Gasteiger partial charge on any atom is 0.248 e. The highest BCUT2D eigenvalue weighted by atomic mass is 32.2. The highest BCUT2D eigenvalue weighted by molar-refractivity contribution is 7.99. The topological polar surface area (TPSA) is 83.9 Å². The van der Waals surface area contributed by atoms with Crippen molar-refractivity contribution in [2.75, 3.05) is 11.1 Å². The summed E-state index contributed by atoms with van der Waals surface area (Å²) in [5.41, 5.74) is 10.5. The summed E-state index contributed by atoms with van der Waals surface area (Å²) < 4.78 is 1.98. The van der Waals surface area contributed by atoms with Crippen molar-refractivity contribution in [1.82, 2.24) is 25.6 Å². The van der Waals surface area contributed by atoms with Gasteiger partial charge in [0.05, 0.1) is 5.75 Å². The number of nitrogens with one attached hydrogen (secondary N) is 3. The molecule has 1 aromatic heterocycles. The molecule has 0 aliphatic rings. The molecule has 0 unspecified atom stereocenters. The molecular formula is C28H30N6OS2. The van der Waals surface area contributed by atoms with Gasteiger partial charge in [-0.15, -0.1) is 10.2 Å². The first-order valence-electron chi connectivity index (χ1n) is 11.9. The van der Waals surface area contributed by atoms with E-state index in [9.17, 15) is 4.79 Å². The van der Waals surface area contributed by atoms with Gasteiger partial charge in [-0.3, -0.25) is 20.2 Å². The Morgan fingerprint density at radius 3 is 2.24 bits per heavy atom. The highest BCUT2D eigenvalue weighted by Crippen LogP contribution is 2.30. The van der Waals surface area contributed by atoms with Gasteiger partial charge < -0.3 is 5.32 Å². The minimum atomic E-state index is -0.239. The van der Waals surface area contributed by atoms with Crippen LogP contribution in [0.5, 0.6) is 0 Å². The Morgan fingerprint density at radius 2 is 1.59 bits per heavy atom. The third-order valence-electron chi connectivity index (χ3n) is 5.61. The Bertz CT molecular complexity index is 1360. The maximum atomic E-state index is 12.5. The fourth-order valence-corrected chi connectivity index (χ4v) is 4.49. The van der Waals surface area contributed by atoms with E-state index in [0.29, 0.717) is 10.3 Å². The first-order valence-corrected chi connectivity index (χ1v) is 13.3. The number of anilines is 1. The zero-order chi connectivity index (χ0) is 26.4. The van der Waals surface area contributed by atoms with Gasteiger partial charge in [0.25, 0.3) is 0 Å². The van der Waals surface area contributed by atoms with Crippen molar-refractivity contribution in [2.45, 2.75) is 38.3 Å². The molecule has 7 nitrogen and oxygen atoms in total. The number of hydrogen-bond acceptors (Lipinski definition) is 5. The summed E-state index contributed by atoms with van der Waals surface area (Å²) in [4.78, 5) is 12.5. The second kappa shape index (κ2) is 11.6. The van der Waals surface area contributed by atoms with Crippen LogP contribution in [0.15, 0.2) is 84.0 Å². The molecule has 9 heteroatoms. The van der Waals surface area contributed by atoms with Crippen molar-refractivity contribution in [2.24, 2.45) is 0 Å². The molecule has 1 amide bonds. The summed E-state index contributed by atoms with van der Waals surface area (Å²) in [6.45, 7) is 8.62. The van der Waals surface area contributed by atoms with Gasteiger partial charge in [-0.05, 0) is 54.4 Å². The number of aryl methyl sites for hydroxylation is 1. The third-order valence-corrected chi connectivity index (χ3v) is 6.75. The molecule has 0 radical (unpaired) electrons. The van der Waals surface area contributed by atoms with E-state index < -0.39 is 0 Å². The number of amides is 1. The van der Waals surface area contributed by atoms with Crippen LogP contribution >= 0.6 is 24.0 Å². The number of thiocarbonyl (C=S) groups is 1. The van der Waals surface area contributed by atoms with E-state index >= 15 is 0 Å². The number of nitrogens with zero attached hydrogens (tertiary/aromatic N) is 3. The van der Waals surface area contributed by atoms with Crippen LogP contribution < -0.4 is 16.2 Å². The first kappa shape index (κ1) is 26.4. The second-order valence-electron chi connectivity index (χ2n) is 9.59. The molecule has 0 saturated carbocycles. The number of aromatic nitrogens is 3. The van der Waals surface area contributed by atoms with Crippen LogP contribution in [0.3, 0.4) is 0 Å². The molecular weight excluding hydrogens is 500 g/mol. The molecule has 0 aliphatic carbocycles. The van der Waals surface area contributed by atoms with E-state index in [1.165, 1.54) is 17.3 Å². The molecule has 0 bridgehead atoms. The second-order valence-corrected chi connectivity index (χ2v) is 10.9. The first-order chi connectivity index (χ1) is 17.7. The van der Waals surface area contributed by atoms with Gasteiger partial charge in [-0.25, -0.2) is 0 Å². The van der Waals surface area contributed by atoms with Crippen LogP contribution in [0.1, 0.15) is 31.9 Å². The van der Waals surface area contributed by atoms with Gasteiger partial charge >= 0.3 is 0 Å². The molecule has 0 atom stereocenters. The number of hydrazine groups is 1. The van der Waals surface area contributed by atoms with Crippen molar-refractivity contribution in [3.05, 3.63) is 90.0 Å². The third kappa shape index (κ3) is 6.96. The summed E-state index contributed by atoms with van der Waals surface area (Å²) >= 11 is 6.55. The number of thioether (sulfide) groups is 1. The average molecular weight is 531 g/mol. The molecule has 4 aromatic rings. The molecule has 190 valence electrons. The maximum absolute atomic E-state index is 12.5. The molecule has 37 heavy (non-hydrogen) atoms. The van der Waals surface area contributed by atoms with Gasteiger partial charge in [-0.2, -0.15) is 0 Å². The predicted octanol–water partition coefficient (Wildman–Crippen LogP) is 5.65. The summed E-state index contributed by atoms with van der Waals surface area (Å²) in [6, 6.07) is 26.1. The van der Waals surface area contributed by atoms with Crippen LogP contribution in [-0.2, 0) is 10.2 Å². The van der Waals surface area contributed by atoms with Crippen LogP contribution in [0.2, 0.25) is 0 Å². The van der Waals surface area contributed by atoms with E-state index in [1.807, 2.05) is 66.1 Å². The van der Waals surface area contributed by atoms with Crippen molar-refractivity contribution in [3.8, 4) is 17.1 Å². The van der Waals surface area contributed by atoms with Crippen molar-refractivity contribution in [3.63, 3.8) is 0 Å². The van der Waals surface area contributed by atoms with Crippen LogP contribution in [-0.4, -0.2) is 31.5 Å². The lowest BCUT2D eigenvalue weighted by atomic mass is 9.87. The van der Waals surface area contributed by atoms with Gasteiger partial charge in [0.1, 0.15) is 0 Å². The minimum Gasteiger partial charge on any atom is -0.331 e. The van der Waals surface area contributed by atoms with Gasteiger partial charge in [0.15, 0.2) is 16.1 Å². The molecule has 4 rings (SSSR count). The Labute approximate surface area is 227 Å². The van der Waals surface area contributed by atoms with E-state index in [1.54, 1.807) is 0 Å². The Balaban J connectivity index is 1.48. The smallest absolute Gasteiger partial charge is 0.248 e. The summed E-state index contributed by atoms with van der Waals surface area (Å²) in [6.07, 6.45) is 0. The quantitative estimate of drug-likeness (QED) is 0.169. The largest absolute Gasteiger partial charge is 0.331 e. The highest BCUT2D eigenvalue weighted by Gasteiger charge is 2.19. The zero-order valence-corrected chi connectivity index (χ0v) is 22.9. The van der Waals surface area contributed by atoms with Crippen LogP contribution in [0.4, 0.5) is 5.69 Å². The average Bonchev–Trinajstić information content (AvgIpc) is 3.31. The molecule has 0 spiro atoms. The normalized spacial score (nSPS) is 11.1. The van der Waals surface area contributed by atoms with Crippen molar-refractivity contribution in [1.29, 1.82) is 0 Å². The number of para-hydroxylation sites is 1. The van der Waals surface area contributed by atoms with E-state index in [4.69, 9.17) is 12.2 Å². The van der Waals surface area contributed by atoms with Gasteiger partial charge in [0, 0.05) is 16.9 Å². The Kier molecular flexibility index (Phi) is 8.25. The summed E-state index contributed by atoms with van der Waals surface area (Å²) in [7, 11) is 0. The monoisotopic (exact) mass is 530 g/mol. The lowest BCUT2D eigenvalue weighted by Gasteiger charge is -2.19. The predicted molar refractivity (Wildman–Crippen MR) is 155 cm³/mol. The van der Waals surface area contributed by atoms with Gasteiger partial charge in [-0.1, -0.05) is 92.7 Å². The molecule has 0 aliphatic heterocycles. The standard InChI is InChI=1S/C28H30N6OS2/c1-19-10-16-23(17-11-19)34-25(20-12-14-21(15-13-20)28(2,3)4)31-33-27(34)37-18-24(35)30-32-26(36)29-22-8-6-5-7-9-22/h5-17H,18H2,1-4H3,(H,30,35)(H2,29,32,36). The molecule has 3 N–H and O–H groups in total. The zero-order valence-electron chi connectivity index (χ0n) is 21.3. The summed E-state index contributed by atoms with van der Waals surface area (Å²) in [5.74, 6) is 0.615. The number of carbonyl (C=O) groups is 1. The number of rotatable bonds is 6. The Morgan fingerprint density at radius 1 is 0.919 bits per heavy atom. The van der Waals surface area contributed by atoms with E-state index in [0.717, 1.165) is 28.3 Å². The molecule has 1 heterocycles. The Hall–Kier alpha value is -3.69. The fraction of sp³-hybridized carbons (Fsp3) is 0.214. The molecule has 3 aromatic carbocycles. The van der Waals surface area contributed by atoms with E-state index in [-0.39, 0.29) is 17.1 Å². The fourth-order valence-electron chi connectivity index (χ4n) is 3.57. The summed E-state index contributed by atoms with van der Waals surface area (Å²) in [5, 5.41) is 12.8. The van der Waals surface area contributed by atoms with Crippen LogP contribution in [0.25, 0.3) is 17.1 Å². The number of hydrogen-bond donors (Lipinski definition) is 3. The number of benzene rings is 3. The van der Waals surface area contributed by atoms with Crippen LogP contribution in [0, 0.1) is 6.92 Å². The molecule has 0 fully saturated rings.